The molecule has 1 atom stereocenters. The average Bonchev–Trinajstić information content (AvgIpc) is 2.86. The molecule has 0 saturated carbocycles. The van der Waals surface area contributed by atoms with E-state index >= 15 is 0 Å². The molecular formula is C15H16N4O4S. The summed E-state index contributed by atoms with van der Waals surface area (Å²) in [6, 6.07) is 0. The van der Waals surface area contributed by atoms with E-state index < -0.39 is 5.54 Å². The minimum absolute atomic E-state index is 0.0437. The fourth-order valence-electron chi connectivity index (χ4n) is 2.75. The van der Waals surface area contributed by atoms with Crippen molar-refractivity contribution in [1.82, 2.24) is 15.1 Å². The molecule has 1 N–H and O–H groups in total. The number of aliphatic imine (C=N–C) groups is 1. The second-order valence-corrected chi connectivity index (χ2v) is 6.67. The van der Waals surface area contributed by atoms with Crippen molar-refractivity contribution in [2.75, 3.05) is 18.8 Å². The van der Waals surface area contributed by atoms with E-state index in [0.29, 0.717) is 5.84 Å². The van der Waals surface area contributed by atoms with Crippen LogP contribution in [0.5, 0.6) is 0 Å². The number of fused-ring (bicyclic) bond motifs is 1. The Morgan fingerprint density at radius 1 is 1.38 bits per heavy atom. The molecular weight excluding hydrogens is 332 g/mol. The average molecular weight is 348 g/mol. The van der Waals surface area contributed by atoms with Gasteiger partial charge in [0.25, 0.3) is 11.1 Å². The number of imide groups is 1. The Hall–Kier alpha value is -2.42. The van der Waals surface area contributed by atoms with Crippen molar-refractivity contribution in [2.24, 2.45) is 4.99 Å². The Kier molecular flexibility index (Phi) is 4.27. The lowest BCUT2D eigenvalue weighted by atomic mass is 9.91. The summed E-state index contributed by atoms with van der Waals surface area (Å²) in [6.45, 7) is 1.93. The Bertz CT molecular complexity index is 698. The molecule has 3 rings (SSSR count). The molecule has 0 aromatic heterocycles. The summed E-state index contributed by atoms with van der Waals surface area (Å²) in [5.41, 5.74) is -1.09. The van der Waals surface area contributed by atoms with Gasteiger partial charge in [0.1, 0.15) is 11.4 Å². The molecule has 24 heavy (non-hydrogen) atoms. The van der Waals surface area contributed by atoms with Crippen LogP contribution in [0.3, 0.4) is 0 Å². The van der Waals surface area contributed by atoms with Gasteiger partial charge in [0.2, 0.25) is 11.8 Å². The van der Waals surface area contributed by atoms with Gasteiger partial charge in [-0.1, -0.05) is 17.8 Å². The molecule has 0 radical (unpaired) electrons. The molecule has 1 saturated heterocycles. The summed E-state index contributed by atoms with van der Waals surface area (Å²) >= 11 is 0.954. The highest BCUT2D eigenvalue weighted by Crippen LogP contribution is 2.28. The highest BCUT2D eigenvalue weighted by Gasteiger charge is 2.45. The SMILES string of the molecule is CC1(C(=O)NCCN2C(=O)CSC2=O)CC(=O)N=C2C=CC=CN21. The molecule has 3 aliphatic rings. The van der Waals surface area contributed by atoms with Crippen LogP contribution in [0.1, 0.15) is 13.3 Å². The van der Waals surface area contributed by atoms with Crippen LogP contribution in [0, 0.1) is 0 Å². The molecule has 126 valence electrons. The van der Waals surface area contributed by atoms with E-state index in [2.05, 4.69) is 10.3 Å². The second kappa shape index (κ2) is 6.23. The molecule has 1 fully saturated rings. The standard InChI is InChI=1S/C15H16N4O4S/c1-15(8-11(20)17-10-4-2-3-6-19(10)15)13(22)16-5-7-18-12(21)9-24-14(18)23/h2-4,6H,5,7-9H2,1H3,(H,16,22). The Morgan fingerprint density at radius 2 is 2.17 bits per heavy atom. The Balaban J connectivity index is 1.65. The fraction of sp³-hybridized carbons (Fsp3) is 0.400. The van der Waals surface area contributed by atoms with E-state index in [1.807, 2.05) is 0 Å². The van der Waals surface area contributed by atoms with Crippen molar-refractivity contribution in [3.63, 3.8) is 0 Å². The maximum atomic E-state index is 12.6. The minimum Gasteiger partial charge on any atom is -0.352 e. The van der Waals surface area contributed by atoms with Crippen LogP contribution in [-0.4, -0.2) is 63.0 Å². The molecule has 0 bridgehead atoms. The number of nitrogens with zero attached hydrogens (tertiary/aromatic N) is 3. The fourth-order valence-corrected chi connectivity index (χ4v) is 3.50. The quantitative estimate of drug-likeness (QED) is 0.783. The molecule has 3 aliphatic heterocycles. The van der Waals surface area contributed by atoms with Gasteiger partial charge in [-0.25, -0.2) is 0 Å². The first-order valence-corrected chi connectivity index (χ1v) is 8.41. The van der Waals surface area contributed by atoms with Crippen LogP contribution in [0.15, 0.2) is 29.4 Å². The van der Waals surface area contributed by atoms with Gasteiger partial charge in [0, 0.05) is 19.3 Å². The minimum atomic E-state index is -1.09. The van der Waals surface area contributed by atoms with Gasteiger partial charge in [-0.3, -0.25) is 24.1 Å². The van der Waals surface area contributed by atoms with Crippen molar-refractivity contribution in [3.8, 4) is 0 Å². The molecule has 1 unspecified atom stereocenters. The number of hydrogen-bond acceptors (Lipinski definition) is 6. The van der Waals surface area contributed by atoms with Gasteiger partial charge in [-0.15, -0.1) is 0 Å². The highest BCUT2D eigenvalue weighted by atomic mass is 32.2. The number of nitrogens with one attached hydrogen (secondary N) is 1. The zero-order valence-electron chi connectivity index (χ0n) is 13.0. The predicted octanol–water partition coefficient (Wildman–Crippen LogP) is 0.271. The molecule has 4 amide bonds. The van der Waals surface area contributed by atoms with Gasteiger partial charge in [-0.05, 0) is 19.1 Å². The topological polar surface area (TPSA) is 99.2 Å². The predicted molar refractivity (Wildman–Crippen MR) is 88.2 cm³/mol. The maximum Gasteiger partial charge on any atom is 0.288 e. The van der Waals surface area contributed by atoms with Crippen LogP contribution in [0.2, 0.25) is 0 Å². The Morgan fingerprint density at radius 3 is 2.88 bits per heavy atom. The van der Waals surface area contributed by atoms with E-state index in [-0.39, 0.29) is 48.2 Å². The molecule has 0 spiro atoms. The lowest BCUT2D eigenvalue weighted by Gasteiger charge is -2.41. The largest absolute Gasteiger partial charge is 0.352 e. The highest BCUT2D eigenvalue weighted by molar-refractivity contribution is 8.14. The number of amidine groups is 1. The summed E-state index contributed by atoms with van der Waals surface area (Å²) < 4.78 is 0. The number of rotatable bonds is 4. The number of carbonyl (C=O) groups is 4. The lowest BCUT2D eigenvalue weighted by Crippen LogP contribution is -2.60. The van der Waals surface area contributed by atoms with Gasteiger partial charge < -0.3 is 10.2 Å². The van der Waals surface area contributed by atoms with Crippen LogP contribution in [-0.2, 0) is 14.4 Å². The molecule has 0 aliphatic carbocycles. The van der Waals surface area contributed by atoms with Crippen LogP contribution < -0.4 is 5.32 Å². The smallest absolute Gasteiger partial charge is 0.288 e. The van der Waals surface area contributed by atoms with Gasteiger partial charge in [0.05, 0.1) is 12.2 Å². The number of hydrogen-bond donors (Lipinski definition) is 1. The molecule has 0 aromatic carbocycles. The summed E-state index contributed by atoms with van der Waals surface area (Å²) in [7, 11) is 0. The third-order valence-electron chi connectivity index (χ3n) is 4.06. The summed E-state index contributed by atoms with van der Waals surface area (Å²) in [6.07, 6.45) is 6.84. The summed E-state index contributed by atoms with van der Waals surface area (Å²) in [4.78, 5) is 54.3. The monoisotopic (exact) mass is 348 g/mol. The first-order valence-electron chi connectivity index (χ1n) is 7.43. The molecule has 8 nitrogen and oxygen atoms in total. The van der Waals surface area contributed by atoms with Crippen LogP contribution >= 0.6 is 11.8 Å². The van der Waals surface area contributed by atoms with E-state index in [0.717, 1.165) is 16.7 Å². The first kappa shape index (κ1) is 16.4. The molecule has 3 heterocycles. The summed E-state index contributed by atoms with van der Waals surface area (Å²) in [5, 5.41) is 2.41. The number of amides is 4. The van der Waals surface area contributed by atoms with E-state index in [9.17, 15) is 19.2 Å². The van der Waals surface area contributed by atoms with Gasteiger partial charge in [-0.2, -0.15) is 4.99 Å². The molecule has 0 aromatic rings. The van der Waals surface area contributed by atoms with Crippen LogP contribution in [0.25, 0.3) is 0 Å². The van der Waals surface area contributed by atoms with Crippen molar-refractivity contribution >= 4 is 40.6 Å². The van der Waals surface area contributed by atoms with Crippen molar-refractivity contribution in [1.29, 1.82) is 0 Å². The zero-order valence-corrected chi connectivity index (χ0v) is 13.8. The number of allylic oxidation sites excluding steroid dienone is 2. The zero-order chi connectivity index (χ0) is 17.3. The van der Waals surface area contributed by atoms with Gasteiger partial charge >= 0.3 is 0 Å². The van der Waals surface area contributed by atoms with Crippen molar-refractivity contribution in [2.45, 2.75) is 18.9 Å². The van der Waals surface area contributed by atoms with Crippen molar-refractivity contribution in [3.05, 3.63) is 24.4 Å². The number of thioether (sulfide) groups is 1. The Labute approximate surface area is 142 Å². The third-order valence-corrected chi connectivity index (χ3v) is 4.91. The normalized spacial score (nSPS) is 25.9. The molecule has 9 heteroatoms. The van der Waals surface area contributed by atoms with Crippen molar-refractivity contribution < 1.29 is 19.2 Å². The van der Waals surface area contributed by atoms with Gasteiger partial charge in [0.15, 0.2) is 0 Å². The third kappa shape index (κ3) is 2.86. The van der Waals surface area contributed by atoms with E-state index in [1.54, 1.807) is 36.3 Å². The summed E-state index contributed by atoms with van der Waals surface area (Å²) in [5.74, 6) is -0.399. The maximum absolute atomic E-state index is 12.6. The van der Waals surface area contributed by atoms with E-state index in [1.165, 1.54) is 0 Å². The second-order valence-electron chi connectivity index (χ2n) is 5.74. The lowest BCUT2D eigenvalue weighted by molar-refractivity contribution is -0.134. The number of carbonyl (C=O) groups excluding carboxylic acids is 4. The first-order chi connectivity index (χ1) is 11.4. The van der Waals surface area contributed by atoms with Crippen LogP contribution in [0.4, 0.5) is 4.79 Å². The van der Waals surface area contributed by atoms with E-state index in [4.69, 9.17) is 0 Å².